The molecule has 1 aliphatic carbocycles. The third-order valence-corrected chi connectivity index (χ3v) is 6.71. The van der Waals surface area contributed by atoms with Crippen molar-refractivity contribution in [3.63, 3.8) is 0 Å². The number of fused-ring (bicyclic) bond motifs is 3. The van der Waals surface area contributed by atoms with Crippen LogP contribution in [0.2, 0.25) is 0 Å². The highest BCUT2D eigenvalue weighted by molar-refractivity contribution is 7.99. The van der Waals surface area contributed by atoms with E-state index in [1.54, 1.807) is 23.0 Å². The van der Waals surface area contributed by atoms with Crippen LogP contribution >= 0.6 is 23.1 Å². The number of methoxy groups -OCH3 is 1. The topological polar surface area (TPSA) is 64.3 Å². The minimum atomic E-state index is -0.0423. The standard InChI is InChI=1S/C19H20N2O3S2/c1-24-14-8-4-3-7-13(14)21-18(23)16-12-6-2-5-9-15(12)26-17(16)20-19(21)25-11-10-22/h3-4,7-8,22H,2,5-6,9-11H2,1H3. The van der Waals surface area contributed by atoms with Gasteiger partial charge < -0.3 is 9.84 Å². The monoisotopic (exact) mass is 388 g/mol. The second-order valence-corrected chi connectivity index (χ2v) is 8.32. The molecule has 1 N–H and O–H groups in total. The maximum absolute atomic E-state index is 13.5. The highest BCUT2D eigenvalue weighted by atomic mass is 32.2. The Hall–Kier alpha value is -1.83. The van der Waals surface area contributed by atoms with Crippen molar-refractivity contribution in [3.8, 4) is 11.4 Å². The van der Waals surface area contributed by atoms with E-state index in [1.807, 2.05) is 24.3 Å². The van der Waals surface area contributed by atoms with Crippen molar-refractivity contribution in [2.24, 2.45) is 0 Å². The largest absolute Gasteiger partial charge is 0.495 e. The zero-order chi connectivity index (χ0) is 18.1. The number of hydrogen-bond acceptors (Lipinski definition) is 6. The van der Waals surface area contributed by atoms with E-state index in [4.69, 9.17) is 9.72 Å². The molecule has 4 rings (SSSR count). The number of nitrogens with zero attached hydrogens (tertiary/aromatic N) is 2. The van der Waals surface area contributed by atoms with Gasteiger partial charge in [0.25, 0.3) is 5.56 Å². The lowest BCUT2D eigenvalue weighted by atomic mass is 9.97. The first-order chi connectivity index (χ1) is 12.7. The highest BCUT2D eigenvalue weighted by Gasteiger charge is 2.23. The van der Waals surface area contributed by atoms with E-state index in [9.17, 15) is 9.90 Å². The molecule has 7 heteroatoms. The van der Waals surface area contributed by atoms with Crippen molar-refractivity contribution in [3.05, 3.63) is 45.1 Å². The molecule has 0 saturated carbocycles. The number of hydrogen-bond donors (Lipinski definition) is 1. The molecule has 0 radical (unpaired) electrons. The van der Waals surface area contributed by atoms with Crippen molar-refractivity contribution in [2.75, 3.05) is 19.5 Å². The number of thiophene rings is 1. The van der Waals surface area contributed by atoms with Crippen LogP contribution in [0.3, 0.4) is 0 Å². The van der Waals surface area contributed by atoms with Crippen molar-refractivity contribution in [1.82, 2.24) is 9.55 Å². The van der Waals surface area contributed by atoms with Gasteiger partial charge in [-0.3, -0.25) is 9.36 Å². The van der Waals surface area contributed by atoms with E-state index >= 15 is 0 Å². The predicted molar refractivity (Wildman–Crippen MR) is 106 cm³/mol. The van der Waals surface area contributed by atoms with Gasteiger partial charge in [0, 0.05) is 10.6 Å². The molecule has 1 aliphatic rings. The third kappa shape index (κ3) is 2.94. The van der Waals surface area contributed by atoms with Gasteiger partial charge in [-0.1, -0.05) is 23.9 Å². The van der Waals surface area contributed by atoms with Gasteiger partial charge in [0.1, 0.15) is 10.6 Å². The van der Waals surface area contributed by atoms with Gasteiger partial charge in [0.05, 0.1) is 24.8 Å². The lowest BCUT2D eigenvalue weighted by Crippen LogP contribution is -2.23. The Kier molecular flexibility index (Phi) is 5.02. The van der Waals surface area contributed by atoms with Crippen LogP contribution in [-0.4, -0.2) is 34.1 Å². The van der Waals surface area contributed by atoms with E-state index in [0.29, 0.717) is 22.3 Å². The van der Waals surface area contributed by atoms with Gasteiger partial charge in [0.15, 0.2) is 5.16 Å². The lowest BCUT2D eigenvalue weighted by Gasteiger charge is -2.15. The van der Waals surface area contributed by atoms with Crippen LogP contribution in [0.25, 0.3) is 15.9 Å². The molecule has 0 saturated heterocycles. The van der Waals surface area contributed by atoms with Crippen LogP contribution < -0.4 is 10.3 Å². The Morgan fingerprint density at radius 3 is 2.92 bits per heavy atom. The molecule has 5 nitrogen and oxygen atoms in total. The SMILES string of the molecule is COc1ccccc1-n1c(SCCO)nc2sc3c(c2c1=O)CCCC3. The number of benzene rings is 1. The van der Waals surface area contributed by atoms with E-state index < -0.39 is 0 Å². The van der Waals surface area contributed by atoms with Crippen LogP contribution in [0.15, 0.2) is 34.2 Å². The number of aryl methyl sites for hydroxylation is 2. The first kappa shape index (κ1) is 17.6. The van der Waals surface area contributed by atoms with Crippen molar-refractivity contribution < 1.29 is 9.84 Å². The Bertz CT molecular complexity index is 1010. The molecule has 136 valence electrons. The van der Waals surface area contributed by atoms with E-state index in [2.05, 4.69) is 0 Å². The summed E-state index contributed by atoms with van der Waals surface area (Å²) in [4.78, 5) is 20.4. The quantitative estimate of drug-likeness (QED) is 0.536. The Labute approximate surface area is 159 Å². The van der Waals surface area contributed by atoms with Crippen LogP contribution in [-0.2, 0) is 12.8 Å². The molecule has 0 amide bonds. The number of aliphatic hydroxyl groups excluding tert-OH is 1. The molecular weight excluding hydrogens is 368 g/mol. The number of rotatable bonds is 5. The molecule has 3 aromatic rings. The summed E-state index contributed by atoms with van der Waals surface area (Å²) in [5.74, 6) is 1.11. The maximum atomic E-state index is 13.5. The minimum absolute atomic E-state index is 0.0332. The van der Waals surface area contributed by atoms with E-state index in [1.165, 1.54) is 28.6 Å². The molecule has 2 heterocycles. The summed E-state index contributed by atoms with van der Waals surface area (Å²) in [5, 5.41) is 10.6. The van der Waals surface area contributed by atoms with Gasteiger partial charge in [0.2, 0.25) is 0 Å². The fourth-order valence-electron chi connectivity index (χ4n) is 3.45. The molecule has 0 aliphatic heterocycles. The number of aliphatic hydroxyl groups is 1. The van der Waals surface area contributed by atoms with Crippen molar-refractivity contribution >= 4 is 33.3 Å². The van der Waals surface area contributed by atoms with Gasteiger partial charge in [-0.05, 0) is 43.4 Å². The second kappa shape index (κ2) is 7.42. The molecule has 26 heavy (non-hydrogen) atoms. The van der Waals surface area contributed by atoms with Crippen LogP contribution in [0.5, 0.6) is 5.75 Å². The fourth-order valence-corrected chi connectivity index (χ4v) is 5.50. The van der Waals surface area contributed by atoms with Crippen LogP contribution in [0.4, 0.5) is 0 Å². The van der Waals surface area contributed by atoms with Crippen molar-refractivity contribution in [2.45, 2.75) is 30.8 Å². The molecule has 0 fully saturated rings. The van der Waals surface area contributed by atoms with Gasteiger partial charge in [-0.15, -0.1) is 11.3 Å². The average molecular weight is 389 g/mol. The van der Waals surface area contributed by atoms with Crippen LogP contribution in [0, 0.1) is 0 Å². The highest BCUT2D eigenvalue weighted by Crippen LogP contribution is 2.36. The summed E-state index contributed by atoms with van der Waals surface area (Å²) in [5.41, 5.74) is 1.82. The number of thioether (sulfide) groups is 1. The van der Waals surface area contributed by atoms with Gasteiger partial charge in [-0.2, -0.15) is 0 Å². The fraction of sp³-hybridized carbons (Fsp3) is 0.368. The molecule has 0 spiro atoms. The smallest absolute Gasteiger partial charge is 0.267 e. The number of para-hydroxylation sites is 2. The molecule has 0 bridgehead atoms. The summed E-state index contributed by atoms with van der Waals surface area (Å²) >= 11 is 3.03. The average Bonchev–Trinajstić information content (AvgIpc) is 3.05. The molecular formula is C19H20N2O3S2. The summed E-state index contributed by atoms with van der Waals surface area (Å²) in [6.45, 7) is 0.0332. The van der Waals surface area contributed by atoms with Gasteiger partial charge in [-0.25, -0.2) is 4.98 Å². The molecule has 2 aromatic heterocycles. The number of aromatic nitrogens is 2. The maximum Gasteiger partial charge on any atom is 0.267 e. The van der Waals surface area contributed by atoms with Crippen molar-refractivity contribution in [1.29, 1.82) is 0 Å². The first-order valence-corrected chi connectivity index (χ1v) is 10.5. The molecule has 0 atom stereocenters. The number of ether oxygens (including phenoxy) is 1. The van der Waals surface area contributed by atoms with E-state index in [-0.39, 0.29) is 12.2 Å². The van der Waals surface area contributed by atoms with Gasteiger partial charge >= 0.3 is 0 Å². The summed E-state index contributed by atoms with van der Waals surface area (Å²) in [6.07, 6.45) is 4.27. The normalized spacial score (nSPS) is 13.8. The zero-order valence-electron chi connectivity index (χ0n) is 14.5. The Morgan fingerprint density at radius 1 is 1.31 bits per heavy atom. The summed E-state index contributed by atoms with van der Waals surface area (Å²) in [6, 6.07) is 7.48. The second-order valence-electron chi connectivity index (χ2n) is 6.17. The first-order valence-electron chi connectivity index (χ1n) is 8.69. The summed E-state index contributed by atoms with van der Waals surface area (Å²) < 4.78 is 7.12. The van der Waals surface area contributed by atoms with Crippen LogP contribution in [0.1, 0.15) is 23.3 Å². The molecule has 1 aromatic carbocycles. The predicted octanol–water partition coefficient (Wildman–Crippen LogP) is 3.42. The summed E-state index contributed by atoms with van der Waals surface area (Å²) in [7, 11) is 1.60. The Balaban J connectivity index is 2.02. The molecule has 0 unspecified atom stereocenters. The minimum Gasteiger partial charge on any atom is -0.495 e. The Morgan fingerprint density at radius 2 is 2.12 bits per heavy atom. The lowest BCUT2D eigenvalue weighted by molar-refractivity contribution is 0.322. The van der Waals surface area contributed by atoms with E-state index in [0.717, 1.165) is 29.5 Å². The zero-order valence-corrected chi connectivity index (χ0v) is 16.2. The third-order valence-electron chi connectivity index (χ3n) is 4.61.